The number of thiazole rings is 2. The number of ether oxygens (including phenoxy) is 1. The Morgan fingerprint density at radius 1 is 1.19 bits per heavy atom. The number of fused-ring (bicyclic) bond motifs is 1. The van der Waals surface area contributed by atoms with E-state index in [9.17, 15) is 4.79 Å². The number of hydrogen-bond acceptors (Lipinski definition) is 6. The predicted molar refractivity (Wildman–Crippen MR) is 109 cm³/mol. The largest absolute Gasteiger partial charge is 0.383 e. The molecule has 0 saturated heterocycles. The van der Waals surface area contributed by atoms with Crippen LogP contribution in [0, 0.1) is 6.92 Å². The Kier molecular flexibility index (Phi) is 5.41. The number of aromatic nitrogens is 2. The van der Waals surface area contributed by atoms with Gasteiger partial charge in [-0.25, -0.2) is 9.97 Å². The van der Waals surface area contributed by atoms with E-state index in [0.717, 1.165) is 20.9 Å². The maximum Gasteiger partial charge on any atom is 0.272 e. The molecule has 0 bridgehead atoms. The Hall–Kier alpha value is -1.83. The van der Waals surface area contributed by atoms with E-state index in [0.29, 0.717) is 23.2 Å². The Balaban J connectivity index is 1.99. The molecule has 0 radical (unpaired) electrons. The molecule has 0 aliphatic carbocycles. The zero-order chi connectivity index (χ0) is 18.9. The summed E-state index contributed by atoms with van der Waals surface area (Å²) in [7, 11) is 1.64. The number of aryl methyl sites for hydroxylation is 1. The van der Waals surface area contributed by atoms with Crippen molar-refractivity contribution in [1.29, 1.82) is 0 Å². The van der Waals surface area contributed by atoms with Gasteiger partial charge in [0.2, 0.25) is 0 Å². The van der Waals surface area contributed by atoms with Crippen molar-refractivity contribution in [1.82, 2.24) is 9.97 Å². The fraction of sp³-hybridized carbons (Fsp3) is 0.421. The fourth-order valence-corrected chi connectivity index (χ4v) is 4.54. The fourth-order valence-electron chi connectivity index (χ4n) is 2.48. The van der Waals surface area contributed by atoms with Crippen LogP contribution >= 0.6 is 22.7 Å². The molecule has 1 aromatic carbocycles. The maximum absolute atomic E-state index is 13.3. The molecular formula is C19H23N3O2S2. The first kappa shape index (κ1) is 18.9. The van der Waals surface area contributed by atoms with Gasteiger partial charge in [-0.2, -0.15) is 0 Å². The van der Waals surface area contributed by atoms with Crippen molar-refractivity contribution in [3.05, 3.63) is 39.8 Å². The molecule has 0 unspecified atom stereocenters. The molecular weight excluding hydrogens is 366 g/mol. The molecule has 7 heteroatoms. The lowest BCUT2D eigenvalue weighted by molar-refractivity contribution is 0.0979. The quantitative estimate of drug-likeness (QED) is 0.637. The van der Waals surface area contributed by atoms with Crippen molar-refractivity contribution in [2.45, 2.75) is 33.1 Å². The highest BCUT2D eigenvalue weighted by Crippen LogP contribution is 2.33. The van der Waals surface area contributed by atoms with Gasteiger partial charge in [0.05, 0.1) is 34.1 Å². The molecule has 0 atom stereocenters. The highest BCUT2D eigenvalue weighted by molar-refractivity contribution is 7.22. The van der Waals surface area contributed by atoms with Gasteiger partial charge in [-0.15, -0.1) is 11.3 Å². The monoisotopic (exact) mass is 389 g/mol. The second-order valence-corrected chi connectivity index (χ2v) is 9.11. The van der Waals surface area contributed by atoms with Crippen molar-refractivity contribution in [3.63, 3.8) is 0 Å². The van der Waals surface area contributed by atoms with E-state index in [1.165, 1.54) is 22.7 Å². The molecule has 0 N–H and O–H groups in total. The summed E-state index contributed by atoms with van der Waals surface area (Å²) < 4.78 is 6.28. The standard InChI is InChI=1S/C19H23N3O2S2/c1-12-15(26-17(20-12)19(2,3)4)16(23)22(10-11-24-5)18-21-13-8-6-7-9-14(13)25-18/h6-9H,10-11H2,1-5H3. The van der Waals surface area contributed by atoms with Gasteiger partial charge in [-0.3, -0.25) is 9.69 Å². The molecule has 1 amide bonds. The van der Waals surface area contributed by atoms with Crippen LogP contribution in [0.5, 0.6) is 0 Å². The molecule has 0 aliphatic rings. The minimum Gasteiger partial charge on any atom is -0.383 e. The number of carbonyl (C=O) groups is 1. The van der Waals surface area contributed by atoms with Crippen LogP contribution in [0.25, 0.3) is 10.2 Å². The number of rotatable bonds is 5. The topological polar surface area (TPSA) is 55.3 Å². The first-order valence-electron chi connectivity index (χ1n) is 8.45. The van der Waals surface area contributed by atoms with Gasteiger partial charge < -0.3 is 4.74 Å². The average molecular weight is 390 g/mol. The summed E-state index contributed by atoms with van der Waals surface area (Å²) in [5.41, 5.74) is 1.59. The smallest absolute Gasteiger partial charge is 0.272 e. The first-order valence-corrected chi connectivity index (χ1v) is 10.1. The SMILES string of the molecule is COCCN(C(=O)c1sc(C(C)(C)C)nc1C)c1nc2ccccc2s1. The average Bonchev–Trinajstić information content (AvgIpc) is 3.18. The van der Waals surface area contributed by atoms with Gasteiger partial charge in [0.15, 0.2) is 5.13 Å². The second-order valence-electron chi connectivity index (χ2n) is 7.10. The number of para-hydroxylation sites is 1. The second kappa shape index (κ2) is 7.42. The lowest BCUT2D eigenvalue weighted by Gasteiger charge is -2.19. The summed E-state index contributed by atoms with van der Waals surface area (Å²) in [5, 5.41) is 1.66. The van der Waals surface area contributed by atoms with E-state index >= 15 is 0 Å². The van der Waals surface area contributed by atoms with Gasteiger partial charge in [0.25, 0.3) is 5.91 Å². The van der Waals surface area contributed by atoms with E-state index < -0.39 is 0 Å². The van der Waals surface area contributed by atoms with Crippen molar-refractivity contribution in [3.8, 4) is 0 Å². The minimum atomic E-state index is -0.0822. The summed E-state index contributed by atoms with van der Waals surface area (Å²) in [6.45, 7) is 9.12. The Labute approximate surface area is 161 Å². The van der Waals surface area contributed by atoms with Crippen LogP contribution in [0.2, 0.25) is 0 Å². The number of anilines is 1. The van der Waals surface area contributed by atoms with Crippen molar-refractivity contribution < 1.29 is 9.53 Å². The van der Waals surface area contributed by atoms with Crippen LogP contribution in [0.15, 0.2) is 24.3 Å². The van der Waals surface area contributed by atoms with Crippen LogP contribution in [0.3, 0.4) is 0 Å². The van der Waals surface area contributed by atoms with Gasteiger partial charge in [-0.05, 0) is 19.1 Å². The van der Waals surface area contributed by atoms with Gasteiger partial charge >= 0.3 is 0 Å². The molecule has 0 saturated carbocycles. The molecule has 5 nitrogen and oxygen atoms in total. The molecule has 26 heavy (non-hydrogen) atoms. The molecule has 138 valence electrons. The summed E-state index contributed by atoms with van der Waals surface area (Å²) >= 11 is 2.99. The van der Waals surface area contributed by atoms with E-state index in [4.69, 9.17) is 4.74 Å². The van der Waals surface area contributed by atoms with Crippen molar-refractivity contribution in [2.75, 3.05) is 25.2 Å². The summed E-state index contributed by atoms with van der Waals surface area (Å²) in [6, 6.07) is 7.92. The normalized spacial score (nSPS) is 11.9. The first-order chi connectivity index (χ1) is 12.3. The third kappa shape index (κ3) is 3.79. The van der Waals surface area contributed by atoms with Gasteiger partial charge in [0.1, 0.15) is 4.88 Å². The van der Waals surface area contributed by atoms with E-state index in [1.807, 2.05) is 31.2 Å². The molecule has 2 heterocycles. The van der Waals surface area contributed by atoms with Crippen LogP contribution in [-0.2, 0) is 10.2 Å². The van der Waals surface area contributed by atoms with Crippen LogP contribution < -0.4 is 4.90 Å². The van der Waals surface area contributed by atoms with E-state index in [1.54, 1.807) is 12.0 Å². The van der Waals surface area contributed by atoms with Crippen molar-refractivity contribution >= 4 is 43.9 Å². The number of hydrogen-bond donors (Lipinski definition) is 0. The van der Waals surface area contributed by atoms with E-state index in [2.05, 4.69) is 30.7 Å². The third-order valence-corrected chi connectivity index (χ3v) is 6.54. The zero-order valence-corrected chi connectivity index (χ0v) is 17.3. The van der Waals surface area contributed by atoms with Crippen LogP contribution in [-0.4, -0.2) is 36.1 Å². The highest BCUT2D eigenvalue weighted by atomic mass is 32.1. The predicted octanol–water partition coefficient (Wildman–Crippen LogP) is 4.65. The Morgan fingerprint density at radius 3 is 2.54 bits per heavy atom. The lowest BCUT2D eigenvalue weighted by atomic mass is 9.98. The molecule has 3 rings (SSSR count). The molecule has 3 aromatic rings. The number of amides is 1. The van der Waals surface area contributed by atoms with Crippen molar-refractivity contribution in [2.24, 2.45) is 0 Å². The zero-order valence-electron chi connectivity index (χ0n) is 15.7. The molecule has 0 spiro atoms. The lowest BCUT2D eigenvalue weighted by Crippen LogP contribution is -2.33. The number of carbonyl (C=O) groups excluding carboxylic acids is 1. The Morgan fingerprint density at radius 2 is 1.92 bits per heavy atom. The number of methoxy groups -OCH3 is 1. The van der Waals surface area contributed by atoms with E-state index in [-0.39, 0.29) is 11.3 Å². The van der Waals surface area contributed by atoms with Gasteiger partial charge in [-0.1, -0.05) is 44.2 Å². The maximum atomic E-state index is 13.3. The number of nitrogens with zero attached hydrogens (tertiary/aromatic N) is 3. The van der Waals surface area contributed by atoms with Crippen LogP contribution in [0.4, 0.5) is 5.13 Å². The molecule has 0 fully saturated rings. The summed E-state index contributed by atoms with van der Waals surface area (Å²) in [6.07, 6.45) is 0. The highest BCUT2D eigenvalue weighted by Gasteiger charge is 2.28. The van der Waals surface area contributed by atoms with Gasteiger partial charge in [0, 0.05) is 12.5 Å². The third-order valence-electron chi connectivity index (χ3n) is 3.91. The molecule has 2 aromatic heterocycles. The Bertz CT molecular complexity index is 891. The van der Waals surface area contributed by atoms with Crippen LogP contribution in [0.1, 0.15) is 41.1 Å². The minimum absolute atomic E-state index is 0.0633. The summed E-state index contributed by atoms with van der Waals surface area (Å²) in [4.78, 5) is 25.0. The summed E-state index contributed by atoms with van der Waals surface area (Å²) in [5.74, 6) is -0.0633. The molecule has 0 aliphatic heterocycles. The number of benzene rings is 1.